The first-order valence-electron chi connectivity index (χ1n) is 11.5. The molecule has 4 rings (SSSR count). The number of aromatic amines is 1. The van der Waals surface area contributed by atoms with Gasteiger partial charge in [0.25, 0.3) is 0 Å². The highest BCUT2D eigenvalue weighted by atomic mass is 35.5. The summed E-state index contributed by atoms with van der Waals surface area (Å²) < 4.78 is 0. The molecule has 0 fully saturated rings. The summed E-state index contributed by atoms with van der Waals surface area (Å²) in [5, 5.41) is 12.3. The van der Waals surface area contributed by atoms with Crippen molar-refractivity contribution in [3.63, 3.8) is 0 Å². The Balaban J connectivity index is 1.73. The molecule has 0 spiro atoms. The molecule has 1 heterocycles. The van der Waals surface area contributed by atoms with Crippen molar-refractivity contribution in [2.75, 3.05) is 13.1 Å². The predicted octanol–water partition coefficient (Wildman–Crippen LogP) is 7.32. The number of nitrogens with zero attached hydrogens (tertiary/aromatic N) is 2. The summed E-state index contributed by atoms with van der Waals surface area (Å²) in [6.07, 6.45) is 2.31. The van der Waals surface area contributed by atoms with Crippen LogP contribution < -0.4 is 0 Å². The highest BCUT2D eigenvalue weighted by Crippen LogP contribution is 2.33. The number of hydrogen-bond donors (Lipinski definition) is 2. The number of rotatable bonds is 9. The van der Waals surface area contributed by atoms with Crippen molar-refractivity contribution in [2.45, 2.75) is 33.2 Å². The van der Waals surface area contributed by atoms with Crippen LogP contribution in [0.3, 0.4) is 0 Å². The highest BCUT2D eigenvalue weighted by Gasteiger charge is 2.18. The molecule has 0 saturated carbocycles. The van der Waals surface area contributed by atoms with Crippen LogP contribution in [0, 0.1) is 0 Å². The van der Waals surface area contributed by atoms with Crippen LogP contribution in [-0.2, 0) is 6.54 Å². The number of aromatic nitrogens is 1. The number of aromatic hydroxyl groups is 1. The molecule has 3 aromatic carbocycles. The maximum Gasteiger partial charge on any atom is 0.199 e. The summed E-state index contributed by atoms with van der Waals surface area (Å²) in [4.78, 5) is 10.5. The van der Waals surface area contributed by atoms with Gasteiger partial charge < -0.3 is 10.1 Å². The van der Waals surface area contributed by atoms with Crippen molar-refractivity contribution in [3.8, 4) is 5.88 Å². The number of aliphatic imine (C=N–C) groups is 1. The van der Waals surface area contributed by atoms with Gasteiger partial charge in [0, 0.05) is 22.5 Å². The minimum absolute atomic E-state index is 0.0845. The van der Waals surface area contributed by atoms with Gasteiger partial charge in [-0.05, 0) is 55.8 Å². The molecule has 0 bridgehead atoms. The van der Waals surface area contributed by atoms with E-state index in [0.29, 0.717) is 16.3 Å². The first kappa shape index (κ1) is 23.1. The Kier molecular flexibility index (Phi) is 7.48. The summed E-state index contributed by atoms with van der Waals surface area (Å²) in [5.74, 6) is 0.0845. The molecule has 0 radical (unpaired) electrons. The molecule has 0 saturated heterocycles. The van der Waals surface area contributed by atoms with E-state index in [1.54, 1.807) is 0 Å². The largest absolute Gasteiger partial charge is 0.494 e. The zero-order valence-electron chi connectivity index (χ0n) is 19.2. The first-order valence-corrected chi connectivity index (χ1v) is 11.9. The fourth-order valence-corrected chi connectivity index (χ4v) is 4.39. The minimum Gasteiger partial charge on any atom is -0.494 e. The average molecular weight is 460 g/mol. The third kappa shape index (κ3) is 5.47. The van der Waals surface area contributed by atoms with Crippen molar-refractivity contribution in [2.24, 2.45) is 4.99 Å². The predicted molar refractivity (Wildman–Crippen MR) is 139 cm³/mol. The number of H-pyrrole nitrogens is 1. The van der Waals surface area contributed by atoms with Gasteiger partial charge in [-0.25, -0.2) is 4.99 Å². The quantitative estimate of drug-likeness (QED) is 0.257. The van der Waals surface area contributed by atoms with E-state index in [1.165, 1.54) is 5.56 Å². The third-order valence-corrected chi connectivity index (χ3v) is 5.92. The van der Waals surface area contributed by atoms with Crippen LogP contribution in [-0.4, -0.2) is 33.8 Å². The van der Waals surface area contributed by atoms with Crippen LogP contribution in [0.1, 0.15) is 43.4 Å². The van der Waals surface area contributed by atoms with Crippen molar-refractivity contribution in [1.82, 2.24) is 9.88 Å². The Morgan fingerprint density at radius 2 is 1.64 bits per heavy atom. The molecule has 5 heteroatoms. The van der Waals surface area contributed by atoms with E-state index in [9.17, 15) is 5.11 Å². The standard InChI is InChI=1S/C28H30ClN3O/c1-3-16-32(17-4-2)19-20-10-13-23(14-11-20)30-27(21-8-6-5-7-9-21)26-24-15-12-22(29)18-25(24)31-28(26)33/h5-15,18,31,33H,3-4,16-17,19H2,1-2H3. The van der Waals surface area contributed by atoms with Crippen molar-refractivity contribution >= 4 is 33.9 Å². The Bertz CT molecular complexity index is 1220. The topological polar surface area (TPSA) is 51.6 Å². The molecule has 1 aromatic heterocycles. The molecule has 0 unspecified atom stereocenters. The maximum atomic E-state index is 10.8. The SMILES string of the molecule is CCCN(CCC)Cc1ccc(N=C(c2ccccc2)c2c(O)[nH]c3cc(Cl)ccc23)cc1. The Hall–Kier alpha value is -3.08. The molecule has 0 amide bonds. The van der Waals surface area contributed by atoms with E-state index in [-0.39, 0.29) is 5.88 Å². The van der Waals surface area contributed by atoms with Gasteiger partial charge in [0.15, 0.2) is 5.88 Å². The fraction of sp³-hybridized carbons (Fsp3) is 0.250. The van der Waals surface area contributed by atoms with Gasteiger partial charge in [-0.15, -0.1) is 0 Å². The molecule has 4 nitrogen and oxygen atoms in total. The lowest BCUT2D eigenvalue weighted by atomic mass is 10.0. The molecule has 170 valence electrons. The van der Waals surface area contributed by atoms with Crippen LogP contribution in [0.2, 0.25) is 5.02 Å². The summed E-state index contributed by atoms with van der Waals surface area (Å²) >= 11 is 6.16. The lowest BCUT2D eigenvalue weighted by molar-refractivity contribution is 0.266. The minimum atomic E-state index is 0.0845. The third-order valence-electron chi connectivity index (χ3n) is 5.69. The Morgan fingerprint density at radius 3 is 2.30 bits per heavy atom. The van der Waals surface area contributed by atoms with E-state index in [2.05, 4.69) is 48.0 Å². The number of nitrogens with one attached hydrogen (secondary N) is 1. The van der Waals surface area contributed by atoms with Gasteiger partial charge in [0.2, 0.25) is 0 Å². The van der Waals surface area contributed by atoms with E-state index >= 15 is 0 Å². The molecule has 0 aliphatic carbocycles. The van der Waals surface area contributed by atoms with E-state index in [4.69, 9.17) is 16.6 Å². The van der Waals surface area contributed by atoms with Gasteiger partial charge >= 0.3 is 0 Å². The molecular weight excluding hydrogens is 430 g/mol. The lowest BCUT2D eigenvalue weighted by Gasteiger charge is -2.21. The van der Waals surface area contributed by atoms with E-state index in [1.807, 2.05) is 48.5 Å². The zero-order valence-corrected chi connectivity index (χ0v) is 19.9. The molecular formula is C28H30ClN3O. The summed E-state index contributed by atoms with van der Waals surface area (Å²) in [6.45, 7) is 7.60. The second-order valence-electron chi connectivity index (χ2n) is 8.31. The monoisotopic (exact) mass is 459 g/mol. The molecule has 0 atom stereocenters. The Labute approximate surface area is 200 Å². The zero-order chi connectivity index (χ0) is 23.2. The van der Waals surface area contributed by atoms with Crippen LogP contribution in [0.25, 0.3) is 10.9 Å². The molecule has 2 N–H and O–H groups in total. The van der Waals surface area contributed by atoms with Gasteiger partial charge in [-0.1, -0.05) is 74.0 Å². The van der Waals surface area contributed by atoms with E-state index in [0.717, 1.165) is 54.6 Å². The molecule has 4 aromatic rings. The van der Waals surface area contributed by atoms with Gasteiger partial charge in [-0.2, -0.15) is 0 Å². The van der Waals surface area contributed by atoms with Crippen LogP contribution in [0.5, 0.6) is 5.88 Å². The Morgan fingerprint density at radius 1 is 0.939 bits per heavy atom. The van der Waals surface area contributed by atoms with Crippen molar-refractivity contribution in [3.05, 3.63) is 94.5 Å². The van der Waals surface area contributed by atoms with Crippen molar-refractivity contribution < 1.29 is 5.11 Å². The normalized spacial score (nSPS) is 12.1. The van der Waals surface area contributed by atoms with Gasteiger partial charge in [0.05, 0.1) is 22.5 Å². The van der Waals surface area contributed by atoms with Gasteiger partial charge in [0.1, 0.15) is 0 Å². The number of halogens is 1. The molecule has 33 heavy (non-hydrogen) atoms. The average Bonchev–Trinajstić information content (AvgIpc) is 3.14. The summed E-state index contributed by atoms with van der Waals surface area (Å²) in [5.41, 5.74) is 5.23. The van der Waals surface area contributed by atoms with Crippen LogP contribution in [0.15, 0.2) is 77.8 Å². The highest BCUT2D eigenvalue weighted by molar-refractivity contribution is 6.31. The number of hydrogen-bond acceptors (Lipinski definition) is 3. The number of fused-ring (bicyclic) bond motifs is 1. The summed E-state index contributed by atoms with van der Waals surface area (Å²) in [7, 11) is 0. The second kappa shape index (κ2) is 10.7. The van der Waals surface area contributed by atoms with E-state index < -0.39 is 0 Å². The number of benzene rings is 3. The summed E-state index contributed by atoms with van der Waals surface area (Å²) in [6, 6.07) is 23.9. The van der Waals surface area contributed by atoms with Gasteiger partial charge in [-0.3, -0.25) is 4.90 Å². The maximum absolute atomic E-state index is 10.8. The molecule has 0 aliphatic heterocycles. The smallest absolute Gasteiger partial charge is 0.199 e. The van der Waals surface area contributed by atoms with Crippen molar-refractivity contribution in [1.29, 1.82) is 0 Å². The fourth-order valence-electron chi connectivity index (χ4n) is 4.22. The second-order valence-corrected chi connectivity index (χ2v) is 8.74. The van der Waals surface area contributed by atoms with Crippen LogP contribution in [0.4, 0.5) is 5.69 Å². The molecule has 0 aliphatic rings. The first-order chi connectivity index (χ1) is 16.1. The van der Waals surface area contributed by atoms with Crippen LogP contribution >= 0.6 is 11.6 Å². The lowest BCUT2D eigenvalue weighted by Crippen LogP contribution is -2.24.